The Morgan fingerprint density at radius 2 is 2.07 bits per heavy atom. The second-order valence-corrected chi connectivity index (χ2v) is 2.95. The number of nitrogens with zero attached hydrogens (tertiary/aromatic N) is 1. The maximum Gasteiger partial charge on any atom is 0.133 e. The van der Waals surface area contributed by atoms with Crippen LogP contribution < -0.4 is 9.47 Å². The van der Waals surface area contributed by atoms with Crippen molar-refractivity contribution in [3.05, 3.63) is 23.5 Å². The Hall–Kier alpha value is -1.76. The van der Waals surface area contributed by atoms with E-state index in [4.69, 9.17) is 14.7 Å². The van der Waals surface area contributed by atoms with Gasteiger partial charge in [0.25, 0.3) is 0 Å². The summed E-state index contributed by atoms with van der Waals surface area (Å²) in [6.07, 6.45) is 0.606. The predicted molar refractivity (Wildman–Crippen MR) is 53.4 cm³/mol. The highest BCUT2D eigenvalue weighted by molar-refractivity contribution is 5.42. The van der Waals surface area contributed by atoms with Crippen LogP contribution >= 0.6 is 0 Å². The molecule has 0 aliphatic carbocycles. The van der Waals surface area contributed by atoms with Gasteiger partial charge in [0.2, 0.25) is 0 Å². The van der Waals surface area contributed by atoms with Crippen molar-refractivity contribution in [2.45, 2.75) is 12.8 Å². The van der Waals surface area contributed by atoms with Crippen molar-refractivity contribution in [1.82, 2.24) is 0 Å². The molecule has 1 aromatic rings. The van der Waals surface area contributed by atoms with Gasteiger partial charge in [-0.15, -0.1) is 0 Å². The van der Waals surface area contributed by atoms with Gasteiger partial charge in [0.1, 0.15) is 17.3 Å². The quantitative estimate of drug-likeness (QED) is 0.764. The van der Waals surface area contributed by atoms with E-state index in [9.17, 15) is 4.39 Å². The zero-order chi connectivity index (χ0) is 11.3. The summed E-state index contributed by atoms with van der Waals surface area (Å²) in [6, 6.07) is 4.86. The van der Waals surface area contributed by atoms with E-state index < -0.39 is 5.82 Å². The Morgan fingerprint density at radius 1 is 1.33 bits per heavy atom. The molecular formula is C11H12FNO2. The number of nitriles is 1. The van der Waals surface area contributed by atoms with Gasteiger partial charge in [-0.25, -0.2) is 4.39 Å². The average Bonchev–Trinajstić information content (AvgIpc) is 2.26. The SMILES string of the molecule is COc1cc(F)c(CCC#N)c(OC)c1. The fraction of sp³-hybridized carbons (Fsp3) is 0.364. The molecule has 4 heteroatoms. The summed E-state index contributed by atoms with van der Waals surface area (Å²) in [4.78, 5) is 0. The molecule has 3 nitrogen and oxygen atoms in total. The summed E-state index contributed by atoms with van der Waals surface area (Å²) in [5.74, 6) is 0.425. The summed E-state index contributed by atoms with van der Waals surface area (Å²) in [6.45, 7) is 0. The summed E-state index contributed by atoms with van der Waals surface area (Å²) < 4.78 is 23.5. The van der Waals surface area contributed by atoms with E-state index in [1.54, 1.807) is 6.07 Å². The minimum atomic E-state index is -0.401. The van der Waals surface area contributed by atoms with Crippen LogP contribution in [-0.2, 0) is 6.42 Å². The monoisotopic (exact) mass is 209 g/mol. The third-order valence-electron chi connectivity index (χ3n) is 2.07. The molecule has 80 valence electrons. The molecule has 0 amide bonds. The lowest BCUT2D eigenvalue weighted by Gasteiger charge is -2.10. The van der Waals surface area contributed by atoms with Gasteiger partial charge in [-0.2, -0.15) is 5.26 Å². The van der Waals surface area contributed by atoms with E-state index in [0.717, 1.165) is 0 Å². The number of rotatable bonds is 4. The molecule has 0 aliphatic heterocycles. The van der Waals surface area contributed by atoms with Crippen LogP contribution in [0.4, 0.5) is 4.39 Å². The minimum absolute atomic E-state index is 0.264. The van der Waals surface area contributed by atoms with E-state index in [1.165, 1.54) is 20.3 Å². The molecule has 0 N–H and O–H groups in total. The van der Waals surface area contributed by atoms with Gasteiger partial charge in [0.15, 0.2) is 0 Å². The first-order chi connectivity index (χ1) is 7.22. The summed E-state index contributed by atoms with van der Waals surface area (Å²) >= 11 is 0. The summed E-state index contributed by atoms with van der Waals surface area (Å²) in [7, 11) is 2.92. The van der Waals surface area contributed by atoms with Crippen LogP contribution in [0.5, 0.6) is 11.5 Å². The summed E-state index contributed by atoms with van der Waals surface area (Å²) in [5.41, 5.74) is 0.417. The minimum Gasteiger partial charge on any atom is -0.497 e. The van der Waals surface area contributed by atoms with Crippen LogP contribution in [-0.4, -0.2) is 14.2 Å². The van der Waals surface area contributed by atoms with E-state index in [0.29, 0.717) is 23.5 Å². The molecule has 0 heterocycles. The highest BCUT2D eigenvalue weighted by Gasteiger charge is 2.11. The van der Waals surface area contributed by atoms with Crippen molar-refractivity contribution < 1.29 is 13.9 Å². The van der Waals surface area contributed by atoms with Crippen LogP contribution in [0.25, 0.3) is 0 Å². The van der Waals surface area contributed by atoms with Crippen molar-refractivity contribution in [2.24, 2.45) is 0 Å². The van der Waals surface area contributed by atoms with Crippen molar-refractivity contribution >= 4 is 0 Å². The highest BCUT2D eigenvalue weighted by Crippen LogP contribution is 2.28. The smallest absolute Gasteiger partial charge is 0.133 e. The Bertz CT molecular complexity index is 385. The van der Waals surface area contributed by atoms with Crippen molar-refractivity contribution in [3.8, 4) is 17.6 Å². The van der Waals surface area contributed by atoms with E-state index in [1.807, 2.05) is 6.07 Å². The topological polar surface area (TPSA) is 42.2 Å². The predicted octanol–water partition coefficient (Wildman–Crippen LogP) is 2.30. The van der Waals surface area contributed by atoms with Gasteiger partial charge < -0.3 is 9.47 Å². The average molecular weight is 209 g/mol. The van der Waals surface area contributed by atoms with E-state index in [2.05, 4.69) is 0 Å². The van der Waals surface area contributed by atoms with Crippen molar-refractivity contribution in [1.29, 1.82) is 5.26 Å². The van der Waals surface area contributed by atoms with Gasteiger partial charge in [-0.3, -0.25) is 0 Å². The first-order valence-electron chi connectivity index (χ1n) is 4.50. The van der Waals surface area contributed by atoms with Gasteiger partial charge in [-0.1, -0.05) is 0 Å². The lowest BCUT2D eigenvalue weighted by atomic mass is 10.1. The molecule has 0 saturated heterocycles. The van der Waals surface area contributed by atoms with E-state index >= 15 is 0 Å². The molecule has 1 rings (SSSR count). The van der Waals surface area contributed by atoms with Crippen molar-refractivity contribution in [2.75, 3.05) is 14.2 Å². The number of halogens is 1. The number of methoxy groups -OCH3 is 2. The summed E-state index contributed by atoms with van der Waals surface area (Å²) in [5, 5.41) is 8.44. The van der Waals surface area contributed by atoms with Crippen LogP contribution in [0.15, 0.2) is 12.1 Å². The number of hydrogen-bond donors (Lipinski definition) is 0. The lowest BCUT2D eigenvalue weighted by molar-refractivity contribution is 0.384. The first kappa shape index (κ1) is 11.3. The second kappa shape index (κ2) is 5.20. The third-order valence-corrected chi connectivity index (χ3v) is 2.07. The largest absolute Gasteiger partial charge is 0.497 e. The number of ether oxygens (including phenoxy) is 2. The third kappa shape index (κ3) is 2.59. The molecule has 0 aromatic heterocycles. The number of hydrogen-bond acceptors (Lipinski definition) is 3. The van der Waals surface area contributed by atoms with Crippen LogP contribution in [0, 0.1) is 17.1 Å². The molecule has 0 unspecified atom stereocenters. The highest BCUT2D eigenvalue weighted by atomic mass is 19.1. The van der Waals surface area contributed by atoms with Crippen LogP contribution in [0.2, 0.25) is 0 Å². The maximum absolute atomic E-state index is 13.5. The standard InChI is InChI=1S/C11H12FNO2/c1-14-8-6-10(12)9(4-3-5-13)11(7-8)15-2/h6-7H,3-4H2,1-2H3. The molecule has 1 aromatic carbocycles. The first-order valence-corrected chi connectivity index (χ1v) is 4.50. The van der Waals surface area contributed by atoms with Gasteiger partial charge >= 0.3 is 0 Å². The number of benzene rings is 1. The van der Waals surface area contributed by atoms with Crippen molar-refractivity contribution in [3.63, 3.8) is 0 Å². The fourth-order valence-corrected chi connectivity index (χ4v) is 1.31. The Kier molecular flexibility index (Phi) is 3.92. The van der Waals surface area contributed by atoms with Crippen LogP contribution in [0.1, 0.15) is 12.0 Å². The molecule has 0 fully saturated rings. The van der Waals surface area contributed by atoms with Gasteiger partial charge in [0, 0.05) is 24.1 Å². The molecular weight excluding hydrogens is 197 g/mol. The second-order valence-electron chi connectivity index (χ2n) is 2.95. The normalized spacial score (nSPS) is 9.47. The molecule has 0 saturated carbocycles. The molecule has 15 heavy (non-hydrogen) atoms. The zero-order valence-corrected chi connectivity index (χ0v) is 8.71. The van der Waals surface area contributed by atoms with Crippen LogP contribution in [0.3, 0.4) is 0 Å². The Morgan fingerprint density at radius 3 is 2.60 bits per heavy atom. The zero-order valence-electron chi connectivity index (χ0n) is 8.71. The Labute approximate surface area is 88.0 Å². The molecule has 0 aliphatic rings. The van der Waals surface area contributed by atoms with Gasteiger partial charge in [0.05, 0.1) is 20.3 Å². The molecule has 0 bridgehead atoms. The van der Waals surface area contributed by atoms with Gasteiger partial charge in [-0.05, 0) is 6.42 Å². The Balaban J connectivity index is 3.08. The molecule has 0 radical (unpaired) electrons. The fourth-order valence-electron chi connectivity index (χ4n) is 1.31. The van der Waals surface area contributed by atoms with E-state index in [-0.39, 0.29) is 6.42 Å². The maximum atomic E-state index is 13.5. The lowest BCUT2D eigenvalue weighted by Crippen LogP contribution is -1.97. The molecule has 0 spiro atoms. The molecule has 0 atom stereocenters.